The van der Waals surface area contributed by atoms with Crippen LogP contribution in [0.2, 0.25) is 13.1 Å². The van der Waals surface area contributed by atoms with Gasteiger partial charge >= 0.3 is 0 Å². The zero-order valence-electron chi connectivity index (χ0n) is 13.0. The largest absolute Gasteiger partial charge is 0.311 e. The van der Waals surface area contributed by atoms with Gasteiger partial charge in [-0.05, 0) is 34.6 Å². The van der Waals surface area contributed by atoms with Gasteiger partial charge < -0.3 is 4.90 Å². The number of benzene rings is 3. The maximum Gasteiger partial charge on any atom is 0.117 e. The van der Waals surface area contributed by atoms with Crippen LogP contribution in [-0.2, 0) is 0 Å². The Morgan fingerprint density at radius 1 is 0.591 bits per heavy atom. The molecule has 0 aromatic heterocycles. The number of para-hydroxylation sites is 3. The van der Waals surface area contributed by atoms with E-state index in [2.05, 4.69) is 96.9 Å². The molecule has 1 heterocycles. The lowest BCUT2D eigenvalue weighted by atomic mass is 10.2. The van der Waals surface area contributed by atoms with Crippen molar-refractivity contribution in [3.63, 3.8) is 0 Å². The number of hydrogen-bond acceptors (Lipinski definition) is 1. The highest BCUT2D eigenvalue weighted by Gasteiger charge is 2.37. The monoisotopic (exact) mass is 301 g/mol. The van der Waals surface area contributed by atoms with E-state index < -0.39 is 8.07 Å². The summed E-state index contributed by atoms with van der Waals surface area (Å²) in [7, 11) is -1.65. The summed E-state index contributed by atoms with van der Waals surface area (Å²) in [6.07, 6.45) is 0. The number of nitrogens with zero attached hydrogens (tertiary/aromatic N) is 1. The molecule has 3 aromatic carbocycles. The topological polar surface area (TPSA) is 3.24 Å². The van der Waals surface area contributed by atoms with Crippen LogP contribution in [0.5, 0.6) is 0 Å². The van der Waals surface area contributed by atoms with Gasteiger partial charge in [0.2, 0.25) is 0 Å². The Hall–Kier alpha value is -2.32. The minimum atomic E-state index is -1.65. The molecule has 0 N–H and O–H groups in total. The van der Waals surface area contributed by atoms with Crippen LogP contribution in [-0.4, -0.2) is 8.07 Å². The molecular formula is C20H19NSi. The van der Waals surface area contributed by atoms with Crippen LogP contribution in [0.3, 0.4) is 0 Å². The van der Waals surface area contributed by atoms with E-state index >= 15 is 0 Å². The molecule has 22 heavy (non-hydrogen) atoms. The van der Waals surface area contributed by atoms with Crippen LogP contribution < -0.4 is 15.3 Å². The van der Waals surface area contributed by atoms with Gasteiger partial charge in [0, 0.05) is 17.1 Å². The van der Waals surface area contributed by atoms with Gasteiger partial charge in [0.15, 0.2) is 0 Å². The average molecular weight is 301 g/mol. The summed E-state index contributed by atoms with van der Waals surface area (Å²) in [4.78, 5) is 2.41. The first-order valence-corrected chi connectivity index (χ1v) is 10.7. The van der Waals surface area contributed by atoms with Crippen LogP contribution in [0.1, 0.15) is 0 Å². The zero-order chi connectivity index (χ0) is 15.2. The van der Waals surface area contributed by atoms with Crippen molar-refractivity contribution < 1.29 is 0 Å². The Balaban J connectivity index is 2.05. The molecule has 1 nitrogen and oxygen atoms in total. The number of rotatable bonds is 1. The van der Waals surface area contributed by atoms with E-state index in [4.69, 9.17) is 0 Å². The molecule has 0 atom stereocenters. The summed E-state index contributed by atoms with van der Waals surface area (Å²) in [6.45, 7) is 4.90. The number of anilines is 3. The molecule has 0 radical (unpaired) electrons. The molecule has 0 unspecified atom stereocenters. The number of fused-ring (bicyclic) bond motifs is 2. The third-order valence-corrected chi connectivity index (χ3v) is 8.19. The molecule has 4 rings (SSSR count). The Kier molecular flexibility index (Phi) is 2.94. The van der Waals surface area contributed by atoms with Crippen molar-refractivity contribution in [2.24, 2.45) is 0 Å². The Labute approximate surface area is 132 Å². The molecule has 108 valence electrons. The van der Waals surface area contributed by atoms with Crippen molar-refractivity contribution in [3.05, 3.63) is 78.9 Å². The van der Waals surface area contributed by atoms with Gasteiger partial charge in [-0.2, -0.15) is 0 Å². The minimum Gasteiger partial charge on any atom is -0.311 e. The lowest BCUT2D eigenvalue weighted by Crippen LogP contribution is -2.58. The van der Waals surface area contributed by atoms with E-state index in [1.54, 1.807) is 0 Å². The first-order chi connectivity index (χ1) is 10.7. The molecule has 1 aliphatic rings. The van der Waals surface area contributed by atoms with Crippen LogP contribution in [0, 0.1) is 0 Å². The summed E-state index contributed by atoms with van der Waals surface area (Å²) in [5.41, 5.74) is 3.90. The van der Waals surface area contributed by atoms with E-state index in [1.807, 2.05) is 0 Å². The van der Waals surface area contributed by atoms with Crippen molar-refractivity contribution in [1.29, 1.82) is 0 Å². The van der Waals surface area contributed by atoms with Crippen molar-refractivity contribution in [1.82, 2.24) is 0 Å². The first-order valence-electron chi connectivity index (χ1n) is 7.74. The molecule has 0 saturated heterocycles. The van der Waals surface area contributed by atoms with E-state index in [0.29, 0.717) is 0 Å². The Bertz CT molecular complexity index is 774. The predicted molar refractivity (Wildman–Crippen MR) is 97.9 cm³/mol. The molecule has 0 fully saturated rings. The number of hydrogen-bond donors (Lipinski definition) is 0. The normalized spacial score (nSPS) is 15.1. The van der Waals surface area contributed by atoms with Gasteiger partial charge in [-0.3, -0.25) is 0 Å². The van der Waals surface area contributed by atoms with Crippen LogP contribution in [0.25, 0.3) is 0 Å². The summed E-state index contributed by atoms with van der Waals surface area (Å²) in [5.74, 6) is 0. The molecule has 0 saturated carbocycles. The van der Waals surface area contributed by atoms with Gasteiger partial charge in [0.05, 0.1) is 0 Å². The van der Waals surface area contributed by atoms with Gasteiger partial charge in [-0.15, -0.1) is 0 Å². The fourth-order valence-corrected chi connectivity index (χ4v) is 6.51. The van der Waals surface area contributed by atoms with Crippen LogP contribution >= 0.6 is 0 Å². The SMILES string of the molecule is C[Si]1(C)c2ccccc2N(c2ccccc2)c2ccccc21. The lowest BCUT2D eigenvalue weighted by molar-refractivity contribution is 1.29. The lowest BCUT2D eigenvalue weighted by Gasteiger charge is -2.40. The van der Waals surface area contributed by atoms with E-state index in [-0.39, 0.29) is 0 Å². The maximum absolute atomic E-state index is 2.45. The van der Waals surface area contributed by atoms with Gasteiger partial charge in [0.1, 0.15) is 8.07 Å². The molecule has 0 spiro atoms. The Morgan fingerprint density at radius 2 is 1.05 bits per heavy atom. The van der Waals surface area contributed by atoms with Crippen molar-refractivity contribution in [2.75, 3.05) is 4.90 Å². The minimum absolute atomic E-state index is 1.23. The zero-order valence-corrected chi connectivity index (χ0v) is 14.0. The quantitative estimate of drug-likeness (QED) is 0.606. The molecule has 0 aliphatic carbocycles. The summed E-state index contributed by atoms with van der Waals surface area (Å²) < 4.78 is 0. The smallest absolute Gasteiger partial charge is 0.117 e. The highest BCUT2D eigenvalue weighted by molar-refractivity contribution is 7.02. The summed E-state index contributed by atoms with van der Waals surface area (Å²) in [6, 6.07) is 28.4. The van der Waals surface area contributed by atoms with E-state index in [0.717, 1.165) is 0 Å². The predicted octanol–water partition coefficient (Wildman–Crippen LogP) is 4.29. The average Bonchev–Trinajstić information content (AvgIpc) is 2.56. The van der Waals surface area contributed by atoms with Gasteiger partial charge in [-0.1, -0.05) is 67.7 Å². The van der Waals surface area contributed by atoms with Crippen molar-refractivity contribution in [2.45, 2.75) is 13.1 Å². The highest BCUT2D eigenvalue weighted by atomic mass is 28.3. The summed E-state index contributed by atoms with van der Waals surface area (Å²) >= 11 is 0. The fraction of sp³-hybridized carbons (Fsp3) is 0.100. The molecule has 3 aromatic rings. The standard InChI is InChI=1S/C20H19NSi/c1-22(2)19-14-8-6-12-17(19)21(16-10-4-3-5-11-16)18-13-7-9-15-20(18)22/h3-15H,1-2H3. The molecular weight excluding hydrogens is 282 g/mol. The second kappa shape index (κ2) is 4.85. The van der Waals surface area contributed by atoms with E-state index in [9.17, 15) is 0 Å². The molecule has 1 aliphatic heterocycles. The van der Waals surface area contributed by atoms with Crippen LogP contribution in [0.15, 0.2) is 78.9 Å². The fourth-order valence-electron chi connectivity index (χ4n) is 3.52. The Morgan fingerprint density at radius 3 is 1.59 bits per heavy atom. The third-order valence-electron chi connectivity index (χ3n) is 4.65. The molecule has 0 bridgehead atoms. The third kappa shape index (κ3) is 1.84. The first kappa shape index (κ1) is 13.3. The highest BCUT2D eigenvalue weighted by Crippen LogP contribution is 2.37. The second-order valence-corrected chi connectivity index (χ2v) is 10.7. The van der Waals surface area contributed by atoms with Gasteiger partial charge in [0.25, 0.3) is 0 Å². The van der Waals surface area contributed by atoms with Crippen molar-refractivity contribution in [3.8, 4) is 0 Å². The molecule has 0 amide bonds. The molecule has 2 heteroatoms. The second-order valence-electron chi connectivity index (χ2n) is 6.33. The van der Waals surface area contributed by atoms with Crippen LogP contribution in [0.4, 0.5) is 17.1 Å². The van der Waals surface area contributed by atoms with Gasteiger partial charge in [-0.25, -0.2) is 0 Å². The van der Waals surface area contributed by atoms with E-state index in [1.165, 1.54) is 27.4 Å². The van der Waals surface area contributed by atoms with Crippen molar-refractivity contribution >= 4 is 35.5 Å². The summed E-state index contributed by atoms with van der Waals surface area (Å²) in [5, 5.41) is 3.02. The maximum atomic E-state index is 2.45.